The van der Waals surface area contributed by atoms with Gasteiger partial charge in [0.15, 0.2) is 0 Å². The summed E-state index contributed by atoms with van der Waals surface area (Å²) < 4.78 is 32.1. The molecule has 0 spiro atoms. The molecule has 0 saturated heterocycles. The van der Waals surface area contributed by atoms with E-state index in [1.165, 1.54) is 13.8 Å². The van der Waals surface area contributed by atoms with Crippen molar-refractivity contribution < 1.29 is 28.5 Å². The smallest absolute Gasteiger partial charge is 0.379 e. The molecular weight excluding hydrogens is 310 g/mol. The Bertz CT molecular complexity index is 514. The fourth-order valence-electron chi connectivity index (χ4n) is 1.66. The number of aliphatic hydroxyl groups excluding tert-OH is 1. The number of carbonyl (C=O) groups excluding carboxylic acids is 1. The van der Waals surface area contributed by atoms with Crippen molar-refractivity contribution >= 4 is 18.4 Å². The van der Waals surface area contributed by atoms with Gasteiger partial charge in [0.25, 0.3) is 0 Å². The van der Waals surface area contributed by atoms with Crippen molar-refractivity contribution in [3.05, 3.63) is 23.0 Å². The molecule has 1 heterocycles. The van der Waals surface area contributed by atoms with Crippen LogP contribution in [0.3, 0.4) is 0 Å². The van der Waals surface area contributed by atoms with Gasteiger partial charge in [-0.3, -0.25) is 4.98 Å². The first-order valence-corrected chi connectivity index (χ1v) is 5.86. The highest BCUT2D eigenvalue weighted by molar-refractivity contribution is 5.85. The number of aromatic nitrogens is 1. The van der Waals surface area contributed by atoms with Gasteiger partial charge < -0.3 is 20.7 Å². The molecule has 0 aliphatic heterocycles. The summed E-state index contributed by atoms with van der Waals surface area (Å²) in [5.41, 5.74) is 4.97. The molecule has 0 aliphatic rings. The normalized spacial score (nSPS) is 12.5. The van der Waals surface area contributed by atoms with Gasteiger partial charge in [0, 0.05) is 17.3 Å². The van der Waals surface area contributed by atoms with E-state index in [4.69, 9.17) is 10.8 Å². The number of carbonyl (C=O) groups is 1. The number of pyridine rings is 1. The van der Waals surface area contributed by atoms with Gasteiger partial charge >= 0.3 is 11.9 Å². The first-order valence-electron chi connectivity index (χ1n) is 5.86. The van der Waals surface area contributed by atoms with Crippen molar-refractivity contribution in [2.75, 3.05) is 6.61 Å². The second kappa shape index (κ2) is 7.48. The molecule has 0 aliphatic carbocycles. The molecule has 1 rings (SSSR count). The van der Waals surface area contributed by atoms with Crippen LogP contribution in [0.5, 0.6) is 5.75 Å². The minimum absolute atomic E-state index is 0. The van der Waals surface area contributed by atoms with Gasteiger partial charge in [-0.05, 0) is 13.8 Å². The van der Waals surface area contributed by atoms with E-state index >= 15 is 0 Å². The van der Waals surface area contributed by atoms with Gasteiger partial charge in [-0.2, -0.15) is 8.78 Å². The molecule has 1 atom stereocenters. The van der Waals surface area contributed by atoms with E-state index in [2.05, 4.69) is 9.72 Å². The van der Waals surface area contributed by atoms with Gasteiger partial charge in [-0.15, -0.1) is 12.4 Å². The van der Waals surface area contributed by atoms with E-state index < -0.39 is 35.9 Å². The second-order valence-corrected chi connectivity index (χ2v) is 4.11. The van der Waals surface area contributed by atoms with E-state index in [1.54, 1.807) is 0 Å². The fourth-order valence-corrected chi connectivity index (χ4v) is 1.66. The molecular formula is C12H17ClF2N2O4. The summed E-state index contributed by atoms with van der Waals surface area (Å²) in [6.07, 6.45) is 1.12. The zero-order valence-electron chi connectivity index (χ0n) is 11.5. The number of rotatable bonds is 5. The maximum atomic E-state index is 13.9. The van der Waals surface area contributed by atoms with Crippen LogP contribution in [0, 0.1) is 6.92 Å². The first kappa shape index (κ1) is 19.5. The van der Waals surface area contributed by atoms with Gasteiger partial charge in [-0.1, -0.05) is 0 Å². The average molecular weight is 327 g/mol. The van der Waals surface area contributed by atoms with Crippen LogP contribution in [0.4, 0.5) is 8.78 Å². The zero-order valence-corrected chi connectivity index (χ0v) is 12.3. The van der Waals surface area contributed by atoms with E-state index in [-0.39, 0.29) is 30.3 Å². The van der Waals surface area contributed by atoms with E-state index in [9.17, 15) is 18.7 Å². The van der Waals surface area contributed by atoms with E-state index in [0.717, 1.165) is 6.20 Å². The molecule has 0 aromatic carbocycles. The molecule has 0 amide bonds. The first-order chi connectivity index (χ1) is 9.27. The summed E-state index contributed by atoms with van der Waals surface area (Å²) in [7, 11) is 0. The van der Waals surface area contributed by atoms with Gasteiger partial charge in [0.1, 0.15) is 11.8 Å². The summed E-state index contributed by atoms with van der Waals surface area (Å²) in [6.45, 7) is 1.89. The number of esters is 1. The van der Waals surface area contributed by atoms with Crippen molar-refractivity contribution in [3.63, 3.8) is 0 Å². The van der Waals surface area contributed by atoms with E-state index in [0.29, 0.717) is 0 Å². The number of hydrogen-bond acceptors (Lipinski definition) is 6. The molecule has 0 fully saturated rings. The van der Waals surface area contributed by atoms with Crippen LogP contribution in [0.1, 0.15) is 29.8 Å². The second-order valence-electron chi connectivity index (χ2n) is 4.11. The van der Waals surface area contributed by atoms with Crippen LogP contribution in [0.2, 0.25) is 0 Å². The topological polar surface area (TPSA) is 106 Å². The summed E-state index contributed by atoms with van der Waals surface area (Å²) in [5, 5.41) is 18.9. The lowest BCUT2D eigenvalue weighted by Gasteiger charge is -2.24. The molecule has 21 heavy (non-hydrogen) atoms. The number of aryl methyl sites for hydroxylation is 1. The van der Waals surface area contributed by atoms with Crippen LogP contribution in [-0.2, 0) is 16.1 Å². The Morgan fingerprint density at radius 2 is 2.14 bits per heavy atom. The lowest BCUT2D eigenvalue weighted by atomic mass is 9.96. The van der Waals surface area contributed by atoms with Crippen LogP contribution in [0.15, 0.2) is 6.20 Å². The molecule has 1 aromatic rings. The molecule has 4 N–H and O–H groups in total. The number of hydrogen-bond donors (Lipinski definition) is 3. The number of aromatic hydroxyl groups is 1. The molecule has 120 valence electrons. The minimum atomic E-state index is -4.04. The molecule has 0 bridgehead atoms. The maximum Gasteiger partial charge on any atom is 0.379 e. The summed E-state index contributed by atoms with van der Waals surface area (Å²) >= 11 is 0. The van der Waals surface area contributed by atoms with Gasteiger partial charge in [0.05, 0.1) is 18.9 Å². The third-order valence-corrected chi connectivity index (χ3v) is 2.78. The van der Waals surface area contributed by atoms with Crippen LogP contribution in [0.25, 0.3) is 0 Å². The van der Waals surface area contributed by atoms with Crippen LogP contribution >= 0.6 is 12.4 Å². The standard InChI is InChI=1S/C12H16F2N2O4.ClH/c1-3-20-11(19)12(13,14)10(15)8-7(5-17)4-16-6(2)9(8)18;/h4,10,17-18H,3,5,15H2,1-2H3;1H/t10-;/m1./s1. The molecule has 1 aromatic heterocycles. The maximum absolute atomic E-state index is 13.9. The number of aliphatic hydroxyl groups is 1. The van der Waals surface area contributed by atoms with Crippen molar-refractivity contribution in [1.29, 1.82) is 0 Å². The summed E-state index contributed by atoms with van der Waals surface area (Å²) in [4.78, 5) is 15.0. The quantitative estimate of drug-likeness (QED) is 0.702. The Morgan fingerprint density at radius 3 is 2.62 bits per heavy atom. The Balaban J connectivity index is 0.00000400. The molecule has 0 radical (unpaired) electrons. The van der Waals surface area contributed by atoms with Crippen LogP contribution in [-0.4, -0.2) is 33.7 Å². The molecule has 0 unspecified atom stereocenters. The lowest BCUT2D eigenvalue weighted by Crippen LogP contribution is -2.42. The average Bonchev–Trinajstić information content (AvgIpc) is 2.41. The van der Waals surface area contributed by atoms with Crippen molar-refractivity contribution in [3.8, 4) is 5.75 Å². The molecule has 9 heteroatoms. The number of alkyl halides is 2. The van der Waals surface area contributed by atoms with Crippen molar-refractivity contribution in [1.82, 2.24) is 4.98 Å². The number of nitrogens with two attached hydrogens (primary N) is 1. The fraction of sp³-hybridized carbons (Fsp3) is 0.500. The summed E-state index contributed by atoms with van der Waals surface area (Å²) in [5.74, 6) is -6.40. The third kappa shape index (κ3) is 3.78. The Kier molecular flexibility index (Phi) is 6.95. The molecule has 0 saturated carbocycles. The zero-order chi connectivity index (χ0) is 15.5. The highest BCUT2D eigenvalue weighted by atomic mass is 35.5. The number of halogens is 3. The minimum Gasteiger partial charge on any atom is -0.506 e. The van der Waals surface area contributed by atoms with Crippen LogP contribution < -0.4 is 5.73 Å². The number of nitrogens with zero attached hydrogens (tertiary/aromatic N) is 1. The Labute approximate surface area is 126 Å². The highest BCUT2D eigenvalue weighted by Gasteiger charge is 2.49. The largest absolute Gasteiger partial charge is 0.506 e. The Hall–Kier alpha value is -1.51. The van der Waals surface area contributed by atoms with Crippen molar-refractivity contribution in [2.24, 2.45) is 5.73 Å². The third-order valence-electron chi connectivity index (χ3n) is 2.78. The SMILES string of the molecule is CCOC(=O)C(F)(F)[C@H](N)c1c(CO)cnc(C)c1O.Cl. The highest BCUT2D eigenvalue weighted by Crippen LogP contribution is 2.37. The van der Waals surface area contributed by atoms with Gasteiger partial charge in [0.2, 0.25) is 0 Å². The predicted octanol–water partition coefficient (Wildman–Crippen LogP) is 1.21. The molecule has 6 nitrogen and oxygen atoms in total. The van der Waals surface area contributed by atoms with Gasteiger partial charge in [-0.25, -0.2) is 4.79 Å². The predicted molar refractivity (Wildman–Crippen MR) is 72.3 cm³/mol. The Morgan fingerprint density at radius 1 is 1.57 bits per heavy atom. The number of ether oxygens (including phenoxy) is 1. The lowest BCUT2D eigenvalue weighted by molar-refractivity contribution is -0.174. The van der Waals surface area contributed by atoms with E-state index in [1.807, 2.05) is 0 Å². The monoisotopic (exact) mass is 326 g/mol. The van der Waals surface area contributed by atoms with Crippen molar-refractivity contribution in [2.45, 2.75) is 32.4 Å². The summed E-state index contributed by atoms with van der Waals surface area (Å²) in [6, 6.07) is -2.15.